The number of halogens is 2. The van der Waals surface area contributed by atoms with E-state index in [0.29, 0.717) is 18.8 Å². The van der Waals surface area contributed by atoms with Crippen LogP contribution in [0.25, 0.3) is 0 Å². The van der Waals surface area contributed by atoms with Crippen LogP contribution in [0.4, 0.5) is 8.78 Å². The van der Waals surface area contributed by atoms with Gasteiger partial charge in [0.05, 0.1) is 11.2 Å². The standard InChI is InChI=1S/C15H20F2O2/c1-10-6-8-15(19-2,9-7-10)14(18)13-11(16)4-3-5-12(13)17/h3-5,10,14,18H,6-9H2,1-2H3. The molecule has 0 bridgehead atoms. The first-order valence-electron chi connectivity index (χ1n) is 6.67. The number of hydrogen-bond donors (Lipinski definition) is 1. The lowest BCUT2D eigenvalue weighted by atomic mass is 9.74. The normalized spacial score (nSPS) is 29.2. The third-order valence-corrected chi connectivity index (χ3v) is 4.30. The van der Waals surface area contributed by atoms with Crippen molar-refractivity contribution in [3.63, 3.8) is 0 Å². The van der Waals surface area contributed by atoms with Gasteiger partial charge in [0.1, 0.15) is 17.7 Å². The number of benzene rings is 1. The van der Waals surface area contributed by atoms with E-state index in [4.69, 9.17) is 4.74 Å². The molecule has 1 aliphatic carbocycles. The monoisotopic (exact) mass is 270 g/mol. The highest BCUT2D eigenvalue weighted by molar-refractivity contribution is 5.25. The van der Waals surface area contributed by atoms with E-state index in [2.05, 4.69) is 6.92 Å². The van der Waals surface area contributed by atoms with Crippen molar-refractivity contribution in [3.05, 3.63) is 35.4 Å². The average Bonchev–Trinajstić information content (AvgIpc) is 2.39. The summed E-state index contributed by atoms with van der Waals surface area (Å²) in [6, 6.07) is 3.62. The number of aliphatic hydroxyl groups excluding tert-OH is 1. The van der Waals surface area contributed by atoms with Gasteiger partial charge in [0.2, 0.25) is 0 Å². The van der Waals surface area contributed by atoms with Crippen molar-refractivity contribution in [2.45, 2.75) is 44.3 Å². The molecule has 0 radical (unpaired) electrons. The zero-order valence-electron chi connectivity index (χ0n) is 11.3. The Labute approximate surface area is 112 Å². The highest BCUT2D eigenvalue weighted by atomic mass is 19.1. The minimum absolute atomic E-state index is 0.279. The fourth-order valence-electron chi connectivity index (χ4n) is 2.87. The molecule has 2 rings (SSSR count). The van der Waals surface area contributed by atoms with Gasteiger partial charge in [-0.1, -0.05) is 13.0 Å². The Bertz CT molecular complexity index is 420. The molecular formula is C15H20F2O2. The van der Waals surface area contributed by atoms with E-state index in [1.165, 1.54) is 13.2 Å². The second-order valence-corrected chi connectivity index (χ2v) is 5.49. The third-order valence-electron chi connectivity index (χ3n) is 4.30. The van der Waals surface area contributed by atoms with Gasteiger partial charge in [-0.3, -0.25) is 0 Å². The van der Waals surface area contributed by atoms with Crippen LogP contribution in [0.1, 0.15) is 44.3 Å². The molecule has 19 heavy (non-hydrogen) atoms. The van der Waals surface area contributed by atoms with E-state index in [1.807, 2.05) is 0 Å². The van der Waals surface area contributed by atoms with Crippen molar-refractivity contribution in [3.8, 4) is 0 Å². The first kappa shape index (κ1) is 14.4. The minimum Gasteiger partial charge on any atom is -0.385 e. The van der Waals surface area contributed by atoms with Crippen LogP contribution < -0.4 is 0 Å². The molecule has 1 fully saturated rings. The summed E-state index contributed by atoms with van der Waals surface area (Å²) < 4.78 is 33.0. The second kappa shape index (κ2) is 5.55. The second-order valence-electron chi connectivity index (χ2n) is 5.49. The highest BCUT2D eigenvalue weighted by Gasteiger charge is 2.43. The molecule has 2 nitrogen and oxygen atoms in total. The van der Waals surface area contributed by atoms with E-state index in [0.717, 1.165) is 25.0 Å². The molecule has 1 aromatic rings. The summed E-state index contributed by atoms with van der Waals surface area (Å²) in [7, 11) is 1.50. The van der Waals surface area contributed by atoms with Crippen LogP contribution in [0.5, 0.6) is 0 Å². The molecule has 0 aromatic heterocycles. The first-order valence-corrected chi connectivity index (χ1v) is 6.67. The van der Waals surface area contributed by atoms with E-state index in [1.54, 1.807) is 0 Å². The molecule has 1 aromatic carbocycles. The summed E-state index contributed by atoms with van der Waals surface area (Å²) in [5, 5.41) is 10.4. The van der Waals surface area contributed by atoms with Gasteiger partial charge in [0, 0.05) is 7.11 Å². The minimum atomic E-state index is -1.27. The van der Waals surface area contributed by atoms with Gasteiger partial charge >= 0.3 is 0 Å². The van der Waals surface area contributed by atoms with Crippen molar-refractivity contribution in [1.29, 1.82) is 0 Å². The van der Waals surface area contributed by atoms with Crippen LogP contribution in [0.2, 0.25) is 0 Å². The van der Waals surface area contributed by atoms with E-state index in [9.17, 15) is 13.9 Å². The van der Waals surface area contributed by atoms with Crippen molar-refractivity contribution < 1.29 is 18.6 Å². The van der Waals surface area contributed by atoms with Crippen molar-refractivity contribution in [2.75, 3.05) is 7.11 Å². The van der Waals surface area contributed by atoms with Gasteiger partial charge < -0.3 is 9.84 Å². The predicted octanol–water partition coefficient (Wildman–Crippen LogP) is 3.59. The lowest BCUT2D eigenvalue weighted by Gasteiger charge is -2.41. The summed E-state index contributed by atoms with van der Waals surface area (Å²) in [5.74, 6) is -0.883. The van der Waals surface area contributed by atoms with Gasteiger partial charge in [-0.25, -0.2) is 8.78 Å². The maximum Gasteiger partial charge on any atom is 0.132 e. The lowest BCUT2D eigenvalue weighted by molar-refractivity contribution is -0.132. The first-order chi connectivity index (χ1) is 9.00. The van der Waals surface area contributed by atoms with Gasteiger partial charge in [-0.05, 0) is 43.7 Å². The van der Waals surface area contributed by atoms with E-state index in [-0.39, 0.29) is 5.56 Å². The number of aliphatic hydroxyl groups is 1. The zero-order valence-corrected chi connectivity index (χ0v) is 11.3. The van der Waals surface area contributed by atoms with Crippen LogP contribution in [-0.2, 0) is 4.74 Å². The molecule has 4 heteroatoms. The number of methoxy groups -OCH3 is 1. The Morgan fingerprint density at radius 3 is 2.26 bits per heavy atom. The zero-order chi connectivity index (χ0) is 14.0. The van der Waals surface area contributed by atoms with Crippen molar-refractivity contribution >= 4 is 0 Å². The molecule has 1 atom stereocenters. The van der Waals surface area contributed by atoms with Gasteiger partial charge in [0.25, 0.3) is 0 Å². The predicted molar refractivity (Wildman–Crippen MR) is 68.7 cm³/mol. The molecule has 106 valence electrons. The quantitative estimate of drug-likeness (QED) is 0.909. The number of rotatable bonds is 3. The average molecular weight is 270 g/mol. The van der Waals surface area contributed by atoms with Crippen LogP contribution in [0, 0.1) is 17.6 Å². The van der Waals surface area contributed by atoms with Crippen LogP contribution in [-0.4, -0.2) is 17.8 Å². The molecule has 0 heterocycles. The lowest BCUT2D eigenvalue weighted by Crippen LogP contribution is -2.42. The molecule has 1 aliphatic rings. The molecular weight excluding hydrogens is 250 g/mol. The highest BCUT2D eigenvalue weighted by Crippen LogP contribution is 2.43. The molecule has 1 N–H and O–H groups in total. The smallest absolute Gasteiger partial charge is 0.132 e. The number of hydrogen-bond acceptors (Lipinski definition) is 2. The SMILES string of the molecule is COC1(C(O)c2c(F)cccc2F)CCC(C)CC1. The van der Waals surface area contributed by atoms with Gasteiger partial charge in [-0.2, -0.15) is 0 Å². The Balaban J connectivity index is 2.33. The van der Waals surface area contributed by atoms with Gasteiger partial charge in [-0.15, -0.1) is 0 Å². The maximum atomic E-state index is 13.8. The molecule has 0 aliphatic heterocycles. The molecule has 1 saturated carbocycles. The molecule has 0 amide bonds. The number of ether oxygens (including phenoxy) is 1. The van der Waals surface area contributed by atoms with Crippen molar-refractivity contribution in [1.82, 2.24) is 0 Å². The summed E-state index contributed by atoms with van der Waals surface area (Å²) in [6.07, 6.45) is 1.73. The van der Waals surface area contributed by atoms with Crippen molar-refractivity contribution in [2.24, 2.45) is 5.92 Å². The topological polar surface area (TPSA) is 29.5 Å². The summed E-state index contributed by atoms with van der Waals surface area (Å²) in [5.41, 5.74) is -1.16. The Morgan fingerprint density at radius 1 is 1.26 bits per heavy atom. The Kier molecular flexibility index (Phi) is 4.21. The third kappa shape index (κ3) is 2.65. The summed E-state index contributed by atoms with van der Waals surface area (Å²) in [6.45, 7) is 2.13. The summed E-state index contributed by atoms with van der Waals surface area (Å²) >= 11 is 0. The molecule has 1 unspecified atom stereocenters. The Morgan fingerprint density at radius 2 is 1.79 bits per heavy atom. The van der Waals surface area contributed by atoms with Crippen LogP contribution >= 0.6 is 0 Å². The summed E-state index contributed by atoms with van der Waals surface area (Å²) in [4.78, 5) is 0. The largest absolute Gasteiger partial charge is 0.385 e. The van der Waals surface area contributed by atoms with E-state index < -0.39 is 23.3 Å². The van der Waals surface area contributed by atoms with E-state index >= 15 is 0 Å². The van der Waals surface area contributed by atoms with Crippen LogP contribution in [0.3, 0.4) is 0 Å². The molecule has 0 saturated heterocycles. The fraction of sp³-hybridized carbons (Fsp3) is 0.600. The Hall–Kier alpha value is -1.00. The van der Waals surface area contributed by atoms with Crippen LogP contribution in [0.15, 0.2) is 18.2 Å². The maximum absolute atomic E-state index is 13.8. The molecule has 0 spiro atoms. The van der Waals surface area contributed by atoms with Gasteiger partial charge in [0.15, 0.2) is 0 Å². The fourth-order valence-corrected chi connectivity index (χ4v) is 2.87.